The van der Waals surface area contributed by atoms with Crippen LogP contribution >= 0.6 is 11.6 Å². The predicted molar refractivity (Wildman–Crippen MR) is 139 cm³/mol. The summed E-state index contributed by atoms with van der Waals surface area (Å²) in [5, 5.41) is 12.4. The summed E-state index contributed by atoms with van der Waals surface area (Å²) in [6, 6.07) is 13.4. The molecule has 3 N–H and O–H groups in total. The van der Waals surface area contributed by atoms with Gasteiger partial charge in [0.2, 0.25) is 5.91 Å². The zero-order valence-corrected chi connectivity index (χ0v) is 21.5. The fraction of sp³-hybridized carbons (Fsp3) is 0.185. The Hall–Kier alpha value is -4.38. The van der Waals surface area contributed by atoms with E-state index in [9.17, 15) is 27.9 Å². The van der Waals surface area contributed by atoms with E-state index in [4.69, 9.17) is 21.1 Å². The van der Waals surface area contributed by atoms with Crippen molar-refractivity contribution >= 4 is 40.1 Å². The molecule has 8 nitrogen and oxygen atoms in total. The SMILES string of the molecule is CC(=O)Nc1c(C(=O)O)[nH]c2ccc(Oc3ccc(Cl)c(OC(F)(F)F)c3)c(-c3ccc(OC(C)C)cc3)c12. The van der Waals surface area contributed by atoms with Crippen LogP contribution in [0.4, 0.5) is 18.9 Å². The Labute approximate surface area is 225 Å². The maximum absolute atomic E-state index is 12.8. The molecule has 0 bridgehead atoms. The number of ether oxygens (including phenoxy) is 3. The Morgan fingerprint density at radius 1 is 1.00 bits per heavy atom. The second-order valence-electron chi connectivity index (χ2n) is 8.66. The topological polar surface area (TPSA) is 110 Å². The van der Waals surface area contributed by atoms with Gasteiger partial charge in [0, 0.05) is 29.5 Å². The number of aromatic amines is 1. The maximum atomic E-state index is 12.8. The van der Waals surface area contributed by atoms with E-state index in [0.717, 1.165) is 6.07 Å². The smallest absolute Gasteiger partial charge is 0.491 e. The number of alkyl halides is 3. The lowest BCUT2D eigenvalue weighted by molar-refractivity contribution is -0.274. The minimum atomic E-state index is -4.97. The lowest BCUT2D eigenvalue weighted by Gasteiger charge is -2.17. The van der Waals surface area contributed by atoms with Crippen LogP contribution in [0, 0.1) is 0 Å². The predicted octanol–water partition coefficient (Wildman–Crippen LogP) is 7.62. The van der Waals surface area contributed by atoms with E-state index in [2.05, 4.69) is 15.0 Å². The molecule has 0 aliphatic heterocycles. The van der Waals surface area contributed by atoms with Gasteiger partial charge in [-0.25, -0.2) is 4.79 Å². The first-order valence-electron chi connectivity index (χ1n) is 11.5. The number of carbonyl (C=O) groups is 2. The molecule has 0 fully saturated rings. The summed E-state index contributed by atoms with van der Waals surface area (Å²) < 4.78 is 54.2. The van der Waals surface area contributed by atoms with Crippen LogP contribution < -0.4 is 19.5 Å². The Kier molecular flexibility index (Phi) is 7.64. The van der Waals surface area contributed by atoms with E-state index < -0.39 is 24.0 Å². The highest BCUT2D eigenvalue weighted by atomic mass is 35.5. The van der Waals surface area contributed by atoms with Gasteiger partial charge >= 0.3 is 12.3 Å². The lowest BCUT2D eigenvalue weighted by atomic mass is 9.99. The van der Waals surface area contributed by atoms with Gasteiger partial charge in [-0.1, -0.05) is 23.7 Å². The third-order valence-corrected chi connectivity index (χ3v) is 5.62. The van der Waals surface area contributed by atoms with Crippen molar-refractivity contribution in [2.24, 2.45) is 0 Å². The molecule has 0 aliphatic carbocycles. The van der Waals surface area contributed by atoms with Crippen LogP contribution in [0.5, 0.6) is 23.0 Å². The quantitative estimate of drug-likeness (QED) is 0.204. The van der Waals surface area contributed by atoms with Gasteiger partial charge in [0.05, 0.1) is 16.8 Å². The summed E-state index contributed by atoms with van der Waals surface area (Å²) in [6.45, 7) is 4.98. The summed E-state index contributed by atoms with van der Waals surface area (Å²) in [6.07, 6.45) is -5.05. The third kappa shape index (κ3) is 6.37. The molecule has 0 atom stereocenters. The highest BCUT2D eigenvalue weighted by molar-refractivity contribution is 6.32. The number of nitrogens with one attached hydrogen (secondary N) is 2. The Morgan fingerprint density at radius 2 is 1.67 bits per heavy atom. The average Bonchev–Trinajstić information content (AvgIpc) is 3.19. The van der Waals surface area contributed by atoms with Crippen LogP contribution in [0.15, 0.2) is 54.6 Å². The van der Waals surface area contributed by atoms with Crippen molar-refractivity contribution < 1.29 is 42.1 Å². The molecule has 0 aliphatic rings. The molecule has 39 heavy (non-hydrogen) atoms. The van der Waals surface area contributed by atoms with Crippen LogP contribution in [-0.2, 0) is 4.79 Å². The standard InChI is InChI=1S/C27H22ClF3N2O6/c1-13(2)37-16-6-4-15(5-7-16)22-20(38-17-8-9-18(28)21(12-17)39-27(29,30)31)11-10-19-23(22)24(32-14(3)34)25(33-19)26(35)36/h4-13,33H,1-3H3,(H,32,34)(H,35,36). The average molecular weight is 563 g/mol. The number of hydrogen-bond acceptors (Lipinski definition) is 5. The molecular formula is C27H22ClF3N2O6. The molecular weight excluding hydrogens is 541 g/mol. The van der Waals surface area contributed by atoms with Crippen LogP contribution in [0.1, 0.15) is 31.3 Å². The highest BCUT2D eigenvalue weighted by Gasteiger charge is 2.32. The van der Waals surface area contributed by atoms with Gasteiger partial charge in [0.1, 0.15) is 22.9 Å². The first-order valence-corrected chi connectivity index (χ1v) is 11.9. The van der Waals surface area contributed by atoms with Crippen molar-refractivity contribution in [2.45, 2.75) is 33.2 Å². The number of rotatable bonds is 8. The van der Waals surface area contributed by atoms with Crippen molar-refractivity contribution in [2.75, 3.05) is 5.32 Å². The number of amides is 1. The van der Waals surface area contributed by atoms with Gasteiger partial charge in [-0.3, -0.25) is 4.79 Å². The van der Waals surface area contributed by atoms with Gasteiger partial charge in [-0.05, 0) is 55.8 Å². The first kappa shape index (κ1) is 27.6. The number of hydrogen-bond donors (Lipinski definition) is 3. The minimum absolute atomic E-state index is 0.00477. The molecule has 1 heterocycles. The summed E-state index contributed by atoms with van der Waals surface area (Å²) in [5.74, 6) is -1.78. The number of halogens is 4. The number of aromatic carboxylic acids is 1. The Morgan fingerprint density at radius 3 is 2.26 bits per heavy atom. The van der Waals surface area contributed by atoms with Gasteiger partial charge in [-0.2, -0.15) is 0 Å². The molecule has 4 rings (SSSR count). The van der Waals surface area contributed by atoms with Crippen molar-refractivity contribution in [1.82, 2.24) is 4.98 Å². The van der Waals surface area contributed by atoms with E-state index in [1.165, 1.54) is 31.2 Å². The number of H-pyrrole nitrogens is 1. The highest BCUT2D eigenvalue weighted by Crippen LogP contribution is 2.45. The second-order valence-corrected chi connectivity index (χ2v) is 9.06. The largest absolute Gasteiger partial charge is 0.573 e. The molecule has 0 saturated heterocycles. The van der Waals surface area contributed by atoms with Crippen molar-refractivity contribution in [3.8, 4) is 34.1 Å². The van der Waals surface area contributed by atoms with Crippen LogP contribution in [0.2, 0.25) is 5.02 Å². The maximum Gasteiger partial charge on any atom is 0.573 e. The molecule has 0 radical (unpaired) electrons. The number of carboxylic acids is 1. The molecule has 1 aromatic heterocycles. The molecule has 12 heteroatoms. The van der Waals surface area contributed by atoms with Crippen molar-refractivity contribution in [3.05, 3.63) is 65.3 Å². The fourth-order valence-corrected chi connectivity index (χ4v) is 4.11. The van der Waals surface area contributed by atoms with Gasteiger partial charge < -0.3 is 29.6 Å². The van der Waals surface area contributed by atoms with Crippen LogP contribution in [0.25, 0.3) is 22.0 Å². The number of aromatic nitrogens is 1. The molecule has 0 unspecified atom stereocenters. The number of fused-ring (bicyclic) bond motifs is 1. The minimum Gasteiger partial charge on any atom is -0.491 e. The fourth-order valence-electron chi connectivity index (χ4n) is 3.95. The molecule has 1 amide bonds. The van der Waals surface area contributed by atoms with Gasteiger partial charge in [0.15, 0.2) is 5.75 Å². The van der Waals surface area contributed by atoms with E-state index in [1.807, 2.05) is 13.8 Å². The van der Waals surface area contributed by atoms with Crippen molar-refractivity contribution in [3.63, 3.8) is 0 Å². The third-order valence-electron chi connectivity index (χ3n) is 5.31. The zero-order valence-electron chi connectivity index (χ0n) is 20.8. The summed E-state index contributed by atoms with van der Waals surface area (Å²) in [5.41, 5.74) is 1.04. The molecule has 0 saturated carbocycles. The number of carbonyl (C=O) groups excluding carboxylic acids is 1. The van der Waals surface area contributed by atoms with Crippen LogP contribution in [-0.4, -0.2) is 34.4 Å². The normalized spacial score (nSPS) is 11.5. The summed E-state index contributed by atoms with van der Waals surface area (Å²) in [7, 11) is 0. The van der Waals surface area contributed by atoms with Crippen molar-refractivity contribution in [1.29, 1.82) is 0 Å². The van der Waals surface area contributed by atoms with E-state index in [1.54, 1.807) is 24.3 Å². The zero-order chi connectivity index (χ0) is 28.5. The Balaban J connectivity index is 1.93. The first-order chi connectivity index (χ1) is 18.3. The molecule has 4 aromatic rings. The lowest BCUT2D eigenvalue weighted by Crippen LogP contribution is -2.17. The Bertz CT molecular complexity index is 1550. The molecule has 0 spiro atoms. The number of anilines is 1. The summed E-state index contributed by atoms with van der Waals surface area (Å²) in [4.78, 5) is 26.8. The van der Waals surface area contributed by atoms with E-state index in [0.29, 0.717) is 27.8 Å². The van der Waals surface area contributed by atoms with E-state index in [-0.39, 0.29) is 34.0 Å². The summed E-state index contributed by atoms with van der Waals surface area (Å²) >= 11 is 5.87. The molecule has 204 valence electrons. The van der Waals surface area contributed by atoms with E-state index >= 15 is 0 Å². The molecule has 3 aromatic carbocycles. The number of carboxylic acid groups (broad SMARTS) is 1. The van der Waals surface area contributed by atoms with Gasteiger partial charge in [0.25, 0.3) is 0 Å². The number of benzene rings is 3. The monoisotopic (exact) mass is 562 g/mol. The van der Waals surface area contributed by atoms with Gasteiger partial charge in [-0.15, -0.1) is 13.2 Å². The second kappa shape index (κ2) is 10.8. The van der Waals surface area contributed by atoms with Crippen LogP contribution in [0.3, 0.4) is 0 Å².